The van der Waals surface area contributed by atoms with Gasteiger partial charge in [-0.25, -0.2) is 0 Å². The van der Waals surface area contributed by atoms with Gasteiger partial charge < -0.3 is 4.90 Å². The zero-order valence-electron chi connectivity index (χ0n) is 12.5. The summed E-state index contributed by atoms with van der Waals surface area (Å²) in [6.07, 6.45) is 2.97. The molecular formula is C17H16N2O3S. The first kappa shape index (κ1) is 15.4. The second-order valence-electron chi connectivity index (χ2n) is 5.36. The minimum absolute atomic E-state index is 0.00711. The van der Waals surface area contributed by atoms with Gasteiger partial charge in [0.1, 0.15) is 0 Å². The third-order valence-corrected chi connectivity index (χ3v) is 4.87. The fourth-order valence-electron chi connectivity index (χ4n) is 2.69. The summed E-state index contributed by atoms with van der Waals surface area (Å²) < 4.78 is 0. The minimum atomic E-state index is -0.437. The smallest absolute Gasteiger partial charge is 0.273 e. The van der Waals surface area contributed by atoms with Crippen LogP contribution in [0, 0.1) is 10.1 Å². The summed E-state index contributed by atoms with van der Waals surface area (Å²) in [5.74, 6) is -0.0687. The predicted octanol–water partition coefficient (Wildman–Crippen LogP) is 3.51. The third-order valence-electron chi connectivity index (χ3n) is 3.93. The van der Waals surface area contributed by atoms with E-state index in [1.165, 1.54) is 16.5 Å². The lowest BCUT2D eigenvalue weighted by molar-refractivity contribution is -0.385. The van der Waals surface area contributed by atoms with E-state index in [0.717, 1.165) is 6.42 Å². The second-order valence-corrected chi connectivity index (χ2v) is 6.31. The zero-order chi connectivity index (χ0) is 16.2. The van der Waals surface area contributed by atoms with Gasteiger partial charge >= 0.3 is 0 Å². The van der Waals surface area contributed by atoms with E-state index in [2.05, 4.69) is 12.1 Å². The quantitative estimate of drug-likeness (QED) is 0.637. The van der Waals surface area contributed by atoms with Gasteiger partial charge in [-0.2, -0.15) is 0 Å². The van der Waals surface area contributed by atoms with Crippen LogP contribution in [-0.4, -0.2) is 28.8 Å². The highest BCUT2D eigenvalue weighted by molar-refractivity contribution is 7.11. The van der Waals surface area contributed by atoms with Gasteiger partial charge in [0, 0.05) is 29.6 Å². The van der Waals surface area contributed by atoms with Gasteiger partial charge in [-0.3, -0.25) is 14.9 Å². The third kappa shape index (κ3) is 3.48. The highest BCUT2D eigenvalue weighted by Crippen LogP contribution is 2.26. The molecule has 0 radical (unpaired) electrons. The van der Waals surface area contributed by atoms with Crippen LogP contribution < -0.4 is 0 Å². The molecule has 0 unspecified atom stereocenters. The van der Waals surface area contributed by atoms with Gasteiger partial charge in [0.25, 0.3) is 5.69 Å². The standard InChI is InChI=1S/C17H16N2O3S/c20-17(12-14-4-1-2-5-15(14)19(21)22)18-9-7-13(8-10-18)16-6-3-11-23-16/h1-7,11H,8-10,12H2. The molecule has 6 heteroatoms. The molecular weight excluding hydrogens is 312 g/mol. The van der Waals surface area contributed by atoms with Gasteiger partial charge in [-0.15, -0.1) is 11.3 Å². The number of amides is 1. The van der Waals surface area contributed by atoms with Crippen LogP contribution in [0.2, 0.25) is 0 Å². The van der Waals surface area contributed by atoms with Crippen molar-refractivity contribution >= 4 is 28.5 Å². The molecule has 2 aromatic rings. The van der Waals surface area contributed by atoms with E-state index in [0.29, 0.717) is 18.7 Å². The maximum Gasteiger partial charge on any atom is 0.273 e. The number of carbonyl (C=O) groups excluding carboxylic acids is 1. The van der Waals surface area contributed by atoms with Gasteiger partial charge in [0.2, 0.25) is 5.91 Å². The summed E-state index contributed by atoms with van der Waals surface area (Å²) in [5.41, 5.74) is 1.75. The van der Waals surface area contributed by atoms with Crippen molar-refractivity contribution < 1.29 is 9.72 Å². The van der Waals surface area contributed by atoms with Gasteiger partial charge in [-0.1, -0.05) is 30.3 Å². The molecule has 2 heterocycles. The number of nitro groups is 1. The highest BCUT2D eigenvalue weighted by atomic mass is 32.1. The lowest BCUT2D eigenvalue weighted by atomic mass is 10.0. The number of hydrogen-bond acceptors (Lipinski definition) is 4. The first-order valence-corrected chi connectivity index (χ1v) is 8.26. The molecule has 0 bridgehead atoms. The molecule has 1 aromatic carbocycles. The number of carbonyl (C=O) groups is 1. The fourth-order valence-corrected chi connectivity index (χ4v) is 3.49. The van der Waals surface area contributed by atoms with E-state index < -0.39 is 4.92 Å². The summed E-state index contributed by atoms with van der Waals surface area (Å²) >= 11 is 1.70. The number of nitrogens with zero attached hydrogens (tertiary/aromatic N) is 2. The largest absolute Gasteiger partial charge is 0.338 e. The normalized spacial score (nSPS) is 14.4. The molecule has 1 aromatic heterocycles. The molecule has 0 saturated heterocycles. The van der Waals surface area contributed by atoms with Crippen LogP contribution >= 0.6 is 11.3 Å². The SMILES string of the molecule is O=C(Cc1ccccc1[N+](=O)[O-])N1CC=C(c2cccs2)CC1. The second kappa shape index (κ2) is 6.75. The first-order chi connectivity index (χ1) is 11.1. The number of rotatable bonds is 4. The van der Waals surface area contributed by atoms with Gasteiger partial charge in [-0.05, 0) is 23.4 Å². The summed E-state index contributed by atoms with van der Waals surface area (Å²) in [6.45, 7) is 1.22. The Bertz CT molecular complexity index is 753. The van der Waals surface area contributed by atoms with Gasteiger partial charge in [0.05, 0.1) is 11.3 Å². The van der Waals surface area contributed by atoms with Crippen LogP contribution in [0.1, 0.15) is 16.9 Å². The van der Waals surface area contributed by atoms with Gasteiger partial charge in [0.15, 0.2) is 0 Å². The van der Waals surface area contributed by atoms with Crippen LogP contribution in [0.4, 0.5) is 5.69 Å². The topological polar surface area (TPSA) is 63.4 Å². The van der Waals surface area contributed by atoms with E-state index in [9.17, 15) is 14.9 Å². The Kier molecular flexibility index (Phi) is 4.52. The zero-order valence-corrected chi connectivity index (χ0v) is 13.3. The molecule has 23 heavy (non-hydrogen) atoms. The Morgan fingerprint density at radius 1 is 1.26 bits per heavy atom. The summed E-state index contributed by atoms with van der Waals surface area (Å²) in [5, 5.41) is 13.1. The number of hydrogen-bond donors (Lipinski definition) is 0. The average molecular weight is 328 g/mol. The minimum Gasteiger partial charge on any atom is -0.338 e. The molecule has 3 rings (SSSR count). The van der Waals surface area contributed by atoms with E-state index >= 15 is 0 Å². The van der Waals surface area contributed by atoms with Crippen molar-refractivity contribution in [3.63, 3.8) is 0 Å². The van der Waals surface area contributed by atoms with E-state index in [1.807, 2.05) is 11.4 Å². The first-order valence-electron chi connectivity index (χ1n) is 7.38. The number of para-hydroxylation sites is 1. The summed E-state index contributed by atoms with van der Waals surface area (Å²) in [7, 11) is 0. The molecule has 0 saturated carbocycles. The van der Waals surface area contributed by atoms with Crippen molar-refractivity contribution in [2.24, 2.45) is 0 Å². The summed E-state index contributed by atoms with van der Waals surface area (Å²) in [4.78, 5) is 26.0. The van der Waals surface area contributed by atoms with Crippen molar-refractivity contribution in [2.75, 3.05) is 13.1 Å². The Morgan fingerprint density at radius 2 is 2.09 bits per heavy atom. The summed E-state index contributed by atoms with van der Waals surface area (Å²) in [6, 6.07) is 10.5. The van der Waals surface area contributed by atoms with Crippen molar-refractivity contribution in [3.05, 3.63) is 68.4 Å². The molecule has 1 aliphatic rings. The van der Waals surface area contributed by atoms with Crippen molar-refractivity contribution in [1.29, 1.82) is 0 Å². The Balaban J connectivity index is 1.68. The number of nitro benzene ring substituents is 1. The molecule has 0 fully saturated rings. The van der Waals surface area contributed by atoms with Crippen LogP contribution in [0.15, 0.2) is 47.9 Å². The molecule has 1 aliphatic heterocycles. The Labute approximate surface area is 138 Å². The Morgan fingerprint density at radius 3 is 2.74 bits per heavy atom. The van der Waals surface area contributed by atoms with Crippen molar-refractivity contribution in [2.45, 2.75) is 12.8 Å². The van der Waals surface area contributed by atoms with Crippen LogP contribution in [-0.2, 0) is 11.2 Å². The molecule has 0 spiro atoms. The number of thiophene rings is 1. The van der Waals surface area contributed by atoms with E-state index in [4.69, 9.17) is 0 Å². The molecule has 0 aliphatic carbocycles. The van der Waals surface area contributed by atoms with E-state index in [-0.39, 0.29) is 18.0 Å². The predicted molar refractivity (Wildman–Crippen MR) is 90.3 cm³/mol. The van der Waals surface area contributed by atoms with Crippen LogP contribution in [0.25, 0.3) is 5.57 Å². The molecule has 0 N–H and O–H groups in total. The van der Waals surface area contributed by atoms with E-state index in [1.54, 1.807) is 34.4 Å². The monoisotopic (exact) mass is 328 g/mol. The maximum atomic E-state index is 12.4. The lowest BCUT2D eigenvalue weighted by Gasteiger charge is -2.26. The fraction of sp³-hybridized carbons (Fsp3) is 0.235. The highest BCUT2D eigenvalue weighted by Gasteiger charge is 2.21. The maximum absolute atomic E-state index is 12.4. The molecule has 5 nitrogen and oxygen atoms in total. The molecule has 118 valence electrons. The Hall–Kier alpha value is -2.47. The van der Waals surface area contributed by atoms with Crippen molar-refractivity contribution in [1.82, 2.24) is 4.90 Å². The van der Waals surface area contributed by atoms with Crippen LogP contribution in [0.3, 0.4) is 0 Å². The molecule has 0 atom stereocenters. The lowest BCUT2D eigenvalue weighted by Crippen LogP contribution is -2.35. The van der Waals surface area contributed by atoms with Crippen molar-refractivity contribution in [3.8, 4) is 0 Å². The molecule has 1 amide bonds. The van der Waals surface area contributed by atoms with Crippen LogP contribution in [0.5, 0.6) is 0 Å². The number of benzene rings is 1. The average Bonchev–Trinajstić information content (AvgIpc) is 3.10.